The Morgan fingerprint density at radius 1 is 1.06 bits per heavy atom. The van der Waals surface area contributed by atoms with Crippen LogP contribution in [0.15, 0.2) is 36.8 Å². The van der Waals surface area contributed by atoms with Crippen LogP contribution >= 0.6 is 11.3 Å². The highest BCUT2D eigenvalue weighted by Gasteiger charge is 2.41. The minimum Gasteiger partial charge on any atom is -0.396 e. The number of anilines is 3. The molecular formula is C23H25N7O3S. The summed E-state index contributed by atoms with van der Waals surface area (Å²) in [4.78, 5) is 22.4. The molecule has 4 aromatic heterocycles. The molecule has 1 aliphatic rings. The van der Waals surface area contributed by atoms with Crippen molar-refractivity contribution in [2.24, 2.45) is 5.92 Å². The van der Waals surface area contributed by atoms with Crippen molar-refractivity contribution >= 4 is 39.0 Å². The van der Waals surface area contributed by atoms with Crippen LogP contribution in [-0.2, 0) is 0 Å². The predicted octanol–water partition coefficient (Wildman–Crippen LogP) is 2.42. The van der Waals surface area contributed by atoms with Crippen LogP contribution in [-0.4, -0.2) is 65.1 Å². The maximum absolute atomic E-state index is 10.6. The summed E-state index contributed by atoms with van der Waals surface area (Å²) in [7, 11) is 0. The fourth-order valence-corrected chi connectivity index (χ4v) is 5.21. The molecule has 0 aliphatic heterocycles. The molecule has 0 amide bonds. The molecule has 5 N–H and O–H groups in total. The number of thiazole rings is 1. The van der Waals surface area contributed by atoms with Gasteiger partial charge in [-0.25, -0.2) is 9.97 Å². The van der Waals surface area contributed by atoms with Crippen LogP contribution in [0.5, 0.6) is 0 Å². The maximum Gasteiger partial charge on any atom is 0.229 e. The van der Waals surface area contributed by atoms with Crippen LogP contribution in [0.25, 0.3) is 20.8 Å². The Morgan fingerprint density at radius 3 is 2.56 bits per heavy atom. The van der Waals surface area contributed by atoms with E-state index in [0.717, 1.165) is 27.3 Å². The Hall–Kier alpha value is -3.25. The van der Waals surface area contributed by atoms with E-state index in [9.17, 15) is 15.3 Å². The number of hydrogen-bond acceptors (Lipinski definition) is 11. The van der Waals surface area contributed by atoms with E-state index in [4.69, 9.17) is 4.98 Å². The normalized spacial score (nSPS) is 22.3. The van der Waals surface area contributed by atoms with Gasteiger partial charge in [0.2, 0.25) is 5.95 Å². The highest BCUT2D eigenvalue weighted by atomic mass is 32.1. The van der Waals surface area contributed by atoms with Crippen molar-refractivity contribution in [1.82, 2.24) is 24.9 Å². The third-order valence-corrected chi connectivity index (χ3v) is 6.95. The number of aryl methyl sites for hydroxylation is 2. The molecule has 4 unspecified atom stereocenters. The second kappa shape index (κ2) is 9.18. The van der Waals surface area contributed by atoms with E-state index >= 15 is 0 Å². The van der Waals surface area contributed by atoms with Gasteiger partial charge in [0.1, 0.15) is 16.9 Å². The van der Waals surface area contributed by atoms with E-state index in [1.165, 1.54) is 11.3 Å². The smallest absolute Gasteiger partial charge is 0.229 e. The molecule has 0 bridgehead atoms. The van der Waals surface area contributed by atoms with Crippen LogP contribution in [0, 0.1) is 19.8 Å². The first-order valence-corrected chi connectivity index (χ1v) is 11.8. The lowest BCUT2D eigenvalue weighted by Gasteiger charge is -2.20. The first-order valence-electron chi connectivity index (χ1n) is 10.9. The Labute approximate surface area is 199 Å². The standard InChI is InChI=1S/C23H25N7O3S/c1-11-5-14(6-12(2)26-11)27-23-25-8-15(22-29-16-3-4-24-9-18(16)34-22)21(30-23)28-17-7-13(10-31)19(32)20(17)33/h3-6,8-9,13,17,19-20,31-33H,7,10H2,1-2H3,(H2,25,26,27,28,30). The minimum atomic E-state index is -1.04. The molecule has 1 aliphatic carbocycles. The van der Waals surface area contributed by atoms with E-state index in [-0.39, 0.29) is 6.61 Å². The number of nitrogens with one attached hydrogen (secondary N) is 2. The average molecular weight is 480 g/mol. The van der Waals surface area contributed by atoms with Gasteiger partial charge in [-0.1, -0.05) is 0 Å². The number of aromatic nitrogens is 5. The Morgan fingerprint density at radius 2 is 1.85 bits per heavy atom. The van der Waals surface area contributed by atoms with Gasteiger partial charge >= 0.3 is 0 Å². The molecule has 4 aromatic rings. The largest absolute Gasteiger partial charge is 0.396 e. The SMILES string of the molecule is Cc1cc(Nc2ncc(-c3nc4ccncc4s3)c(NC3CC(CO)C(O)C3O)n2)cc(C)n1. The lowest BCUT2D eigenvalue weighted by molar-refractivity contribution is 0.00446. The zero-order valence-corrected chi connectivity index (χ0v) is 19.5. The van der Waals surface area contributed by atoms with E-state index in [2.05, 4.69) is 30.6 Å². The number of hydrogen-bond donors (Lipinski definition) is 5. The van der Waals surface area contributed by atoms with Gasteiger partial charge in [-0.3, -0.25) is 9.97 Å². The summed E-state index contributed by atoms with van der Waals surface area (Å²) in [5.41, 5.74) is 4.05. The Bertz CT molecular complexity index is 1280. The molecule has 176 valence electrons. The summed E-state index contributed by atoms with van der Waals surface area (Å²) in [5.74, 6) is 0.430. The molecular weight excluding hydrogens is 454 g/mol. The second-order valence-corrected chi connectivity index (χ2v) is 9.52. The Balaban J connectivity index is 1.52. The fraction of sp³-hybridized carbons (Fsp3) is 0.348. The number of nitrogens with zero attached hydrogens (tertiary/aromatic N) is 5. The van der Waals surface area contributed by atoms with Crippen LogP contribution in [0.1, 0.15) is 17.8 Å². The molecule has 34 heavy (non-hydrogen) atoms. The molecule has 4 heterocycles. The van der Waals surface area contributed by atoms with Crippen molar-refractivity contribution in [3.63, 3.8) is 0 Å². The molecule has 10 nitrogen and oxygen atoms in total. The topological polar surface area (TPSA) is 149 Å². The van der Waals surface area contributed by atoms with Gasteiger partial charge in [-0.2, -0.15) is 4.98 Å². The van der Waals surface area contributed by atoms with Gasteiger partial charge in [0, 0.05) is 48.2 Å². The summed E-state index contributed by atoms with van der Waals surface area (Å²) >= 11 is 1.47. The van der Waals surface area contributed by atoms with Gasteiger partial charge in [0.25, 0.3) is 0 Å². The summed E-state index contributed by atoms with van der Waals surface area (Å²) in [5, 5.41) is 37.6. The highest BCUT2D eigenvalue weighted by molar-refractivity contribution is 7.21. The molecule has 0 radical (unpaired) electrons. The van der Waals surface area contributed by atoms with Crippen LogP contribution in [0.2, 0.25) is 0 Å². The monoisotopic (exact) mass is 479 g/mol. The average Bonchev–Trinajstić information content (AvgIpc) is 3.35. The van der Waals surface area contributed by atoms with Crippen molar-refractivity contribution in [3.05, 3.63) is 48.2 Å². The summed E-state index contributed by atoms with van der Waals surface area (Å²) in [6, 6.07) is 5.16. The molecule has 0 aromatic carbocycles. The summed E-state index contributed by atoms with van der Waals surface area (Å²) in [6.07, 6.45) is 3.49. The van der Waals surface area contributed by atoms with Crippen molar-refractivity contribution in [1.29, 1.82) is 0 Å². The number of fused-ring (bicyclic) bond motifs is 1. The first kappa shape index (κ1) is 22.5. The molecule has 0 spiro atoms. The van der Waals surface area contributed by atoms with Crippen molar-refractivity contribution in [3.8, 4) is 10.6 Å². The van der Waals surface area contributed by atoms with E-state index in [1.807, 2.05) is 32.0 Å². The van der Waals surface area contributed by atoms with Crippen molar-refractivity contribution < 1.29 is 15.3 Å². The highest BCUT2D eigenvalue weighted by Crippen LogP contribution is 2.36. The van der Waals surface area contributed by atoms with Crippen LogP contribution in [0.3, 0.4) is 0 Å². The summed E-state index contributed by atoms with van der Waals surface area (Å²) < 4.78 is 0.935. The van der Waals surface area contributed by atoms with Crippen molar-refractivity contribution in [2.75, 3.05) is 17.2 Å². The van der Waals surface area contributed by atoms with Crippen molar-refractivity contribution in [2.45, 2.75) is 38.5 Å². The number of aliphatic hydroxyl groups excluding tert-OH is 3. The van der Waals surface area contributed by atoms with Gasteiger partial charge in [0.15, 0.2) is 0 Å². The first-order chi connectivity index (χ1) is 16.4. The second-order valence-electron chi connectivity index (χ2n) is 8.49. The quantitative estimate of drug-likeness (QED) is 0.279. The maximum atomic E-state index is 10.6. The van der Waals surface area contributed by atoms with Gasteiger partial charge in [-0.05, 0) is 38.5 Å². The van der Waals surface area contributed by atoms with E-state index in [0.29, 0.717) is 28.8 Å². The Kier molecular flexibility index (Phi) is 6.09. The van der Waals surface area contributed by atoms with Gasteiger partial charge in [0.05, 0.1) is 27.9 Å². The van der Waals surface area contributed by atoms with Crippen LogP contribution < -0.4 is 10.6 Å². The fourth-order valence-electron chi connectivity index (χ4n) is 4.26. The third-order valence-electron chi connectivity index (χ3n) is 5.91. The third kappa shape index (κ3) is 4.42. The molecule has 11 heteroatoms. The van der Waals surface area contributed by atoms with Gasteiger partial charge < -0.3 is 26.0 Å². The van der Waals surface area contributed by atoms with E-state index < -0.39 is 24.2 Å². The molecule has 1 fully saturated rings. The molecule has 0 saturated heterocycles. The zero-order chi connectivity index (χ0) is 23.8. The minimum absolute atomic E-state index is 0.203. The van der Waals surface area contributed by atoms with Crippen LogP contribution in [0.4, 0.5) is 17.5 Å². The number of rotatable bonds is 6. The molecule has 5 rings (SSSR count). The number of pyridine rings is 2. The summed E-state index contributed by atoms with van der Waals surface area (Å²) in [6.45, 7) is 3.63. The lowest BCUT2D eigenvalue weighted by Crippen LogP contribution is -2.35. The van der Waals surface area contributed by atoms with Gasteiger partial charge in [-0.15, -0.1) is 11.3 Å². The molecule has 1 saturated carbocycles. The van der Waals surface area contributed by atoms with E-state index in [1.54, 1.807) is 18.6 Å². The number of aliphatic hydroxyl groups is 3. The molecule has 4 atom stereocenters. The predicted molar refractivity (Wildman–Crippen MR) is 130 cm³/mol. The zero-order valence-electron chi connectivity index (χ0n) is 18.7. The lowest BCUT2D eigenvalue weighted by atomic mass is 10.1.